The molecular formula is C18H27NO3. The van der Waals surface area contributed by atoms with E-state index in [4.69, 9.17) is 9.47 Å². The van der Waals surface area contributed by atoms with E-state index in [1.165, 1.54) is 5.56 Å². The van der Waals surface area contributed by atoms with E-state index in [-0.39, 0.29) is 12.1 Å². The Morgan fingerprint density at radius 2 is 1.95 bits per heavy atom. The Morgan fingerprint density at radius 3 is 2.64 bits per heavy atom. The number of para-hydroxylation sites is 1. The Bertz CT molecular complexity index is 507. The zero-order chi connectivity index (χ0) is 16.2. The third-order valence-electron chi connectivity index (χ3n) is 3.97. The number of carbonyl (C=O) groups excluding carboxylic acids is 1. The number of hydrogen-bond donors (Lipinski definition) is 1. The molecule has 0 heterocycles. The van der Waals surface area contributed by atoms with Gasteiger partial charge in [0.15, 0.2) is 0 Å². The summed E-state index contributed by atoms with van der Waals surface area (Å²) < 4.78 is 10.8. The van der Waals surface area contributed by atoms with Crippen molar-refractivity contribution < 1.29 is 14.3 Å². The molecule has 1 fully saturated rings. The monoisotopic (exact) mass is 305 g/mol. The lowest BCUT2D eigenvalue weighted by Crippen LogP contribution is -2.41. The van der Waals surface area contributed by atoms with Gasteiger partial charge in [0.1, 0.15) is 11.4 Å². The van der Waals surface area contributed by atoms with Gasteiger partial charge in [-0.15, -0.1) is 0 Å². The summed E-state index contributed by atoms with van der Waals surface area (Å²) in [6, 6.07) is 8.32. The van der Waals surface area contributed by atoms with E-state index < -0.39 is 5.60 Å². The number of alkyl carbamates (subject to hydrolysis) is 1. The number of methoxy groups -OCH3 is 1. The van der Waals surface area contributed by atoms with Crippen LogP contribution in [0.2, 0.25) is 0 Å². The number of carbonyl (C=O) groups is 1. The van der Waals surface area contributed by atoms with Crippen LogP contribution in [0.15, 0.2) is 24.3 Å². The van der Waals surface area contributed by atoms with Crippen LogP contribution in [0, 0.1) is 0 Å². The van der Waals surface area contributed by atoms with Gasteiger partial charge < -0.3 is 14.8 Å². The van der Waals surface area contributed by atoms with Crippen LogP contribution < -0.4 is 10.1 Å². The third kappa shape index (κ3) is 4.65. The fourth-order valence-electron chi connectivity index (χ4n) is 3.08. The molecule has 0 aromatic heterocycles. The highest BCUT2D eigenvalue weighted by Crippen LogP contribution is 2.37. The van der Waals surface area contributed by atoms with E-state index in [1.54, 1.807) is 7.11 Å². The normalized spacial score (nSPS) is 22.0. The molecule has 4 heteroatoms. The van der Waals surface area contributed by atoms with E-state index in [0.29, 0.717) is 5.92 Å². The van der Waals surface area contributed by atoms with Gasteiger partial charge in [0.05, 0.1) is 7.11 Å². The molecule has 1 aromatic carbocycles. The van der Waals surface area contributed by atoms with Crippen LogP contribution in [0.1, 0.15) is 57.9 Å². The van der Waals surface area contributed by atoms with Crippen molar-refractivity contribution in [3.8, 4) is 5.75 Å². The first-order chi connectivity index (χ1) is 10.4. The summed E-state index contributed by atoms with van der Waals surface area (Å²) in [6.07, 6.45) is 3.85. The molecule has 0 radical (unpaired) electrons. The predicted octanol–water partition coefficient (Wildman–Crippen LogP) is 4.25. The van der Waals surface area contributed by atoms with Crippen molar-refractivity contribution in [2.45, 2.75) is 64.0 Å². The predicted molar refractivity (Wildman–Crippen MR) is 87.4 cm³/mol. The van der Waals surface area contributed by atoms with E-state index in [0.717, 1.165) is 31.4 Å². The van der Waals surface area contributed by atoms with Crippen molar-refractivity contribution in [2.24, 2.45) is 0 Å². The second kappa shape index (κ2) is 7.03. The highest BCUT2D eigenvalue weighted by molar-refractivity contribution is 5.68. The van der Waals surface area contributed by atoms with Gasteiger partial charge in [-0.2, -0.15) is 0 Å². The third-order valence-corrected chi connectivity index (χ3v) is 3.97. The molecule has 0 saturated heterocycles. The number of amides is 1. The van der Waals surface area contributed by atoms with Gasteiger partial charge in [-0.1, -0.05) is 24.6 Å². The molecule has 0 aliphatic heterocycles. The van der Waals surface area contributed by atoms with Crippen LogP contribution in [0.5, 0.6) is 5.75 Å². The van der Waals surface area contributed by atoms with Gasteiger partial charge in [0.25, 0.3) is 0 Å². The van der Waals surface area contributed by atoms with Gasteiger partial charge >= 0.3 is 6.09 Å². The molecule has 1 saturated carbocycles. The van der Waals surface area contributed by atoms with Gasteiger partial charge in [-0.05, 0) is 57.6 Å². The zero-order valence-electron chi connectivity index (χ0n) is 14.0. The molecule has 1 aliphatic rings. The second-order valence-corrected chi connectivity index (χ2v) is 6.95. The second-order valence-electron chi connectivity index (χ2n) is 6.95. The van der Waals surface area contributed by atoms with Crippen LogP contribution in [0.3, 0.4) is 0 Å². The highest BCUT2D eigenvalue weighted by Gasteiger charge is 2.27. The summed E-state index contributed by atoms with van der Waals surface area (Å²) in [5.41, 5.74) is 0.779. The lowest BCUT2D eigenvalue weighted by atomic mass is 9.81. The maximum atomic E-state index is 11.9. The minimum Gasteiger partial charge on any atom is -0.496 e. The SMILES string of the molecule is COc1ccccc1C1CCCC(NC(=O)OC(C)(C)C)C1. The molecule has 0 bridgehead atoms. The fourth-order valence-corrected chi connectivity index (χ4v) is 3.08. The standard InChI is InChI=1S/C18H27NO3/c1-18(2,3)22-17(20)19-14-9-7-8-13(12-14)15-10-5-6-11-16(15)21-4/h5-6,10-11,13-14H,7-9,12H2,1-4H3,(H,19,20). The molecule has 122 valence electrons. The van der Waals surface area contributed by atoms with E-state index in [9.17, 15) is 4.79 Å². The topological polar surface area (TPSA) is 47.6 Å². The Balaban J connectivity index is 1.98. The van der Waals surface area contributed by atoms with Gasteiger partial charge in [-0.3, -0.25) is 0 Å². The highest BCUT2D eigenvalue weighted by atomic mass is 16.6. The molecule has 2 unspecified atom stereocenters. The van der Waals surface area contributed by atoms with Gasteiger partial charge in [-0.25, -0.2) is 4.79 Å². The quantitative estimate of drug-likeness (QED) is 0.908. The Hall–Kier alpha value is -1.71. The van der Waals surface area contributed by atoms with Crippen LogP contribution in [-0.4, -0.2) is 24.8 Å². The van der Waals surface area contributed by atoms with Gasteiger partial charge in [0, 0.05) is 6.04 Å². The molecule has 0 spiro atoms. The van der Waals surface area contributed by atoms with E-state index in [1.807, 2.05) is 39.0 Å². The van der Waals surface area contributed by atoms with Crippen molar-refractivity contribution in [3.05, 3.63) is 29.8 Å². The van der Waals surface area contributed by atoms with E-state index >= 15 is 0 Å². The Labute approximate surface area is 133 Å². The zero-order valence-corrected chi connectivity index (χ0v) is 14.0. The number of hydrogen-bond acceptors (Lipinski definition) is 3. The summed E-state index contributed by atoms with van der Waals surface area (Å²) in [4.78, 5) is 11.9. The molecule has 1 amide bonds. The van der Waals surface area contributed by atoms with E-state index in [2.05, 4.69) is 11.4 Å². The summed E-state index contributed by atoms with van der Waals surface area (Å²) in [7, 11) is 1.71. The largest absolute Gasteiger partial charge is 0.496 e. The minimum atomic E-state index is -0.458. The number of nitrogens with one attached hydrogen (secondary N) is 1. The van der Waals surface area contributed by atoms with Crippen molar-refractivity contribution in [3.63, 3.8) is 0 Å². The summed E-state index contributed by atoms with van der Waals surface area (Å²) in [5, 5.41) is 3.01. The molecular weight excluding hydrogens is 278 g/mol. The molecule has 2 atom stereocenters. The van der Waals surface area contributed by atoms with Crippen LogP contribution in [0.4, 0.5) is 4.79 Å². The Kier molecular flexibility index (Phi) is 5.33. The van der Waals surface area contributed by atoms with Gasteiger partial charge in [0.2, 0.25) is 0 Å². The number of benzene rings is 1. The molecule has 1 aromatic rings. The first-order valence-corrected chi connectivity index (χ1v) is 8.01. The first-order valence-electron chi connectivity index (χ1n) is 8.01. The molecule has 4 nitrogen and oxygen atoms in total. The molecule has 1 aliphatic carbocycles. The van der Waals surface area contributed by atoms with Crippen molar-refractivity contribution in [1.29, 1.82) is 0 Å². The number of ether oxygens (including phenoxy) is 2. The lowest BCUT2D eigenvalue weighted by molar-refractivity contribution is 0.0490. The summed E-state index contributed by atoms with van der Waals surface area (Å²) in [6.45, 7) is 5.64. The molecule has 22 heavy (non-hydrogen) atoms. The maximum Gasteiger partial charge on any atom is 0.407 e. The lowest BCUT2D eigenvalue weighted by Gasteiger charge is -2.31. The van der Waals surface area contributed by atoms with Crippen LogP contribution in [-0.2, 0) is 4.74 Å². The van der Waals surface area contributed by atoms with Crippen LogP contribution >= 0.6 is 0 Å². The van der Waals surface area contributed by atoms with Crippen LogP contribution in [0.25, 0.3) is 0 Å². The average molecular weight is 305 g/mol. The van der Waals surface area contributed by atoms with Crippen molar-refractivity contribution in [2.75, 3.05) is 7.11 Å². The molecule has 2 rings (SSSR count). The number of rotatable bonds is 3. The smallest absolute Gasteiger partial charge is 0.407 e. The maximum absolute atomic E-state index is 11.9. The van der Waals surface area contributed by atoms with Crippen molar-refractivity contribution in [1.82, 2.24) is 5.32 Å². The summed E-state index contributed by atoms with van der Waals surface area (Å²) in [5.74, 6) is 1.36. The van der Waals surface area contributed by atoms with Crippen molar-refractivity contribution >= 4 is 6.09 Å². The average Bonchev–Trinajstić information content (AvgIpc) is 2.45. The minimum absolute atomic E-state index is 0.165. The Morgan fingerprint density at radius 1 is 1.23 bits per heavy atom. The first kappa shape index (κ1) is 16.7. The molecule has 1 N–H and O–H groups in total. The summed E-state index contributed by atoms with van der Waals surface area (Å²) >= 11 is 0. The fraction of sp³-hybridized carbons (Fsp3) is 0.611.